The first-order valence-electron chi connectivity index (χ1n) is 6.00. The SMILES string of the molecule is COc1cc([N+](=O)[O-])ccc1NC(=O)c1cc(Cl)cc(Cl)c1. The highest BCUT2D eigenvalue weighted by Crippen LogP contribution is 2.29. The third-order valence-corrected chi connectivity index (χ3v) is 3.21. The number of nitro benzene ring substituents is 1. The van der Waals surface area contributed by atoms with Crippen LogP contribution < -0.4 is 10.1 Å². The van der Waals surface area contributed by atoms with Crippen LogP contribution in [0, 0.1) is 10.1 Å². The second kappa shape index (κ2) is 6.64. The van der Waals surface area contributed by atoms with Gasteiger partial charge in [0.2, 0.25) is 0 Å². The molecule has 8 heteroatoms. The van der Waals surface area contributed by atoms with Gasteiger partial charge in [-0.2, -0.15) is 0 Å². The number of amides is 1. The zero-order valence-electron chi connectivity index (χ0n) is 11.3. The zero-order valence-corrected chi connectivity index (χ0v) is 12.8. The monoisotopic (exact) mass is 340 g/mol. The van der Waals surface area contributed by atoms with Crippen molar-refractivity contribution in [3.05, 3.63) is 62.1 Å². The fourth-order valence-electron chi connectivity index (χ4n) is 1.78. The molecule has 0 fully saturated rings. The minimum Gasteiger partial charge on any atom is -0.494 e. The molecule has 0 spiro atoms. The number of ether oxygens (including phenoxy) is 1. The van der Waals surface area contributed by atoms with Crippen LogP contribution in [0.25, 0.3) is 0 Å². The summed E-state index contributed by atoms with van der Waals surface area (Å²) in [5.41, 5.74) is 0.424. The van der Waals surface area contributed by atoms with Gasteiger partial charge >= 0.3 is 0 Å². The predicted octanol–water partition coefficient (Wildman–Crippen LogP) is 4.16. The van der Waals surface area contributed by atoms with Crippen LogP contribution in [0.15, 0.2) is 36.4 Å². The molecule has 0 unspecified atom stereocenters. The van der Waals surface area contributed by atoms with Gasteiger partial charge in [-0.15, -0.1) is 0 Å². The van der Waals surface area contributed by atoms with E-state index in [0.29, 0.717) is 15.7 Å². The summed E-state index contributed by atoms with van der Waals surface area (Å²) in [5.74, 6) is -0.285. The van der Waals surface area contributed by atoms with Gasteiger partial charge in [0.15, 0.2) is 0 Å². The van der Waals surface area contributed by atoms with Crippen LogP contribution in [-0.2, 0) is 0 Å². The molecule has 2 rings (SSSR count). The molecule has 0 atom stereocenters. The average Bonchev–Trinajstić information content (AvgIpc) is 2.46. The maximum atomic E-state index is 12.2. The Morgan fingerprint density at radius 3 is 2.36 bits per heavy atom. The third-order valence-electron chi connectivity index (χ3n) is 2.77. The molecule has 114 valence electrons. The van der Waals surface area contributed by atoms with Gasteiger partial charge in [-0.05, 0) is 24.3 Å². The molecule has 1 N–H and O–H groups in total. The van der Waals surface area contributed by atoms with Crippen LogP contribution in [0.2, 0.25) is 10.0 Å². The summed E-state index contributed by atoms with van der Waals surface area (Å²) in [4.78, 5) is 22.4. The Bertz CT molecular complexity index is 729. The second-order valence-electron chi connectivity index (χ2n) is 4.25. The normalized spacial score (nSPS) is 10.1. The number of methoxy groups -OCH3 is 1. The van der Waals surface area contributed by atoms with Crippen molar-refractivity contribution in [1.82, 2.24) is 0 Å². The third kappa shape index (κ3) is 3.66. The molecule has 0 aromatic heterocycles. The number of anilines is 1. The number of carbonyl (C=O) groups is 1. The average molecular weight is 341 g/mol. The molecule has 0 radical (unpaired) electrons. The molecule has 2 aromatic carbocycles. The van der Waals surface area contributed by atoms with Crippen LogP contribution in [0.3, 0.4) is 0 Å². The van der Waals surface area contributed by atoms with Crippen molar-refractivity contribution >= 4 is 40.5 Å². The molecule has 0 aliphatic heterocycles. The van der Waals surface area contributed by atoms with E-state index in [0.717, 1.165) is 0 Å². The van der Waals surface area contributed by atoms with E-state index in [4.69, 9.17) is 27.9 Å². The van der Waals surface area contributed by atoms with Gasteiger partial charge in [-0.3, -0.25) is 14.9 Å². The summed E-state index contributed by atoms with van der Waals surface area (Å²) < 4.78 is 5.05. The minimum atomic E-state index is -0.551. The van der Waals surface area contributed by atoms with E-state index in [2.05, 4.69) is 5.32 Å². The van der Waals surface area contributed by atoms with Gasteiger partial charge in [0.05, 0.1) is 23.8 Å². The summed E-state index contributed by atoms with van der Waals surface area (Å²) in [6, 6.07) is 8.30. The first kappa shape index (κ1) is 16.1. The quantitative estimate of drug-likeness (QED) is 0.669. The van der Waals surface area contributed by atoms with E-state index in [9.17, 15) is 14.9 Å². The fraction of sp³-hybridized carbons (Fsp3) is 0.0714. The second-order valence-corrected chi connectivity index (χ2v) is 5.13. The fourth-order valence-corrected chi connectivity index (χ4v) is 2.30. The van der Waals surface area contributed by atoms with Crippen molar-refractivity contribution in [1.29, 1.82) is 0 Å². The molecule has 0 bridgehead atoms. The number of hydrogen-bond donors (Lipinski definition) is 1. The maximum absolute atomic E-state index is 12.2. The van der Waals surface area contributed by atoms with Gasteiger partial charge < -0.3 is 10.1 Å². The number of nitro groups is 1. The van der Waals surface area contributed by atoms with Crippen LogP contribution in [0.1, 0.15) is 10.4 Å². The number of rotatable bonds is 4. The Labute approximate surface area is 135 Å². The molecule has 0 aliphatic carbocycles. The van der Waals surface area contributed by atoms with Crippen molar-refractivity contribution in [2.45, 2.75) is 0 Å². The molecule has 22 heavy (non-hydrogen) atoms. The first-order valence-corrected chi connectivity index (χ1v) is 6.76. The smallest absolute Gasteiger partial charge is 0.273 e. The highest BCUT2D eigenvalue weighted by atomic mass is 35.5. The molecule has 0 heterocycles. The maximum Gasteiger partial charge on any atom is 0.273 e. The summed E-state index contributed by atoms with van der Waals surface area (Å²) in [6.07, 6.45) is 0. The molecule has 0 saturated carbocycles. The number of benzene rings is 2. The number of hydrogen-bond acceptors (Lipinski definition) is 4. The minimum absolute atomic E-state index is 0.138. The van der Waals surface area contributed by atoms with Crippen molar-refractivity contribution in [2.75, 3.05) is 12.4 Å². The van der Waals surface area contributed by atoms with E-state index in [1.165, 1.54) is 43.5 Å². The molecule has 6 nitrogen and oxygen atoms in total. The lowest BCUT2D eigenvalue weighted by Crippen LogP contribution is -2.12. The number of carbonyl (C=O) groups excluding carboxylic acids is 1. The van der Waals surface area contributed by atoms with E-state index in [-0.39, 0.29) is 17.0 Å². The van der Waals surface area contributed by atoms with Crippen molar-refractivity contribution in [3.8, 4) is 5.75 Å². The molecular weight excluding hydrogens is 331 g/mol. The van der Waals surface area contributed by atoms with Gasteiger partial charge in [-0.1, -0.05) is 23.2 Å². The lowest BCUT2D eigenvalue weighted by Gasteiger charge is -2.10. The van der Waals surface area contributed by atoms with Crippen LogP contribution >= 0.6 is 23.2 Å². The predicted molar refractivity (Wildman–Crippen MR) is 84.1 cm³/mol. The van der Waals surface area contributed by atoms with E-state index >= 15 is 0 Å². The summed E-state index contributed by atoms with van der Waals surface area (Å²) in [5, 5.41) is 14.0. The number of non-ortho nitro benzene ring substituents is 1. The molecule has 0 saturated heterocycles. The van der Waals surface area contributed by atoms with Crippen molar-refractivity contribution < 1.29 is 14.5 Å². The van der Waals surface area contributed by atoms with Gasteiger partial charge in [-0.25, -0.2) is 0 Å². The molecule has 0 aliphatic rings. The summed E-state index contributed by atoms with van der Waals surface area (Å²) in [7, 11) is 1.35. The van der Waals surface area contributed by atoms with Gasteiger partial charge in [0.1, 0.15) is 5.75 Å². The molecule has 2 aromatic rings. The number of halogens is 2. The van der Waals surface area contributed by atoms with Crippen LogP contribution in [0.5, 0.6) is 5.75 Å². The highest BCUT2D eigenvalue weighted by Gasteiger charge is 2.15. The Morgan fingerprint density at radius 2 is 1.82 bits per heavy atom. The largest absolute Gasteiger partial charge is 0.494 e. The van der Waals surface area contributed by atoms with Gasteiger partial charge in [0.25, 0.3) is 11.6 Å². The van der Waals surface area contributed by atoms with Crippen molar-refractivity contribution in [3.63, 3.8) is 0 Å². The number of nitrogens with zero attached hydrogens (tertiary/aromatic N) is 1. The Morgan fingerprint density at radius 1 is 1.18 bits per heavy atom. The van der Waals surface area contributed by atoms with Crippen LogP contribution in [0.4, 0.5) is 11.4 Å². The number of nitrogens with one attached hydrogen (secondary N) is 1. The lowest BCUT2D eigenvalue weighted by molar-refractivity contribution is -0.384. The molecular formula is C14H10Cl2N2O4. The van der Waals surface area contributed by atoms with Gasteiger partial charge in [0, 0.05) is 21.7 Å². The highest BCUT2D eigenvalue weighted by molar-refractivity contribution is 6.35. The topological polar surface area (TPSA) is 81.5 Å². The zero-order chi connectivity index (χ0) is 16.3. The Hall–Kier alpha value is -2.31. The van der Waals surface area contributed by atoms with Crippen LogP contribution in [-0.4, -0.2) is 17.9 Å². The Balaban J connectivity index is 2.29. The summed E-state index contributed by atoms with van der Waals surface area (Å²) >= 11 is 11.7. The lowest BCUT2D eigenvalue weighted by atomic mass is 10.2. The standard InChI is InChI=1S/C14H10Cl2N2O4/c1-22-13-7-11(18(20)21)2-3-12(13)17-14(19)8-4-9(15)6-10(16)5-8/h2-7H,1H3,(H,17,19). The van der Waals surface area contributed by atoms with Crippen molar-refractivity contribution in [2.24, 2.45) is 0 Å². The first-order chi connectivity index (χ1) is 10.4. The van der Waals surface area contributed by atoms with E-state index in [1.54, 1.807) is 0 Å². The molecule has 1 amide bonds. The van der Waals surface area contributed by atoms with E-state index in [1.807, 2.05) is 0 Å². The Kier molecular flexibility index (Phi) is 4.85. The van der Waals surface area contributed by atoms with E-state index < -0.39 is 10.8 Å². The summed E-state index contributed by atoms with van der Waals surface area (Å²) in [6.45, 7) is 0.